The number of aryl methyl sites for hydroxylation is 2. The van der Waals surface area contributed by atoms with Gasteiger partial charge in [-0.15, -0.1) is 5.10 Å². The number of rotatable bonds is 3. The van der Waals surface area contributed by atoms with Gasteiger partial charge in [0.1, 0.15) is 17.6 Å². The third-order valence-electron chi connectivity index (χ3n) is 4.00. The van der Waals surface area contributed by atoms with Crippen molar-refractivity contribution in [3.05, 3.63) is 64.3 Å². The molecule has 0 amide bonds. The highest BCUT2D eigenvalue weighted by molar-refractivity contribution is 7.18. The van der Waals surface area contributed by atoms with E-state index in [2.05, 4.69) is 27.2 Å². The van der Waals surface area contributed by atoms with Gasteiger partial charge in [0.2, 0.25) is 10.3 Å². The zero-order chi connectivity index (χ0) is 17.4. The fraction of sp³-hybridized carbons (Fsp3) is 0.111. The van der Waals surface area contributed by atoms with Gasteiger partial charge in [-0.1, -0.05) is 34.8 Å². The van der Waals surface area contributed by atoms with Gasteiger partial charge in [0.15, 0.2) is 0 Å². The molecular formula is C18H16FN4S2+. The summed E-state index contributed by atoms with van der Waals surface area (Å²) in [4.78, 5) is 0.897. The molecule has 4 nitrogen and oxygen atoms in total. The Balaban J connectivity index is 1.60. The average Bonchev–Trinajstić information content (AvgIpc) is 3.10. The average molecular weight is 371 g/mol. The summed E-state index contributed by atoms with van der Waals surface area (Å²) < 4.78 is 19.7. The molecule has 2 heterocycles. The fourth-order valence-electron chi connectivity index (χ4n) is 2.67. The zero-order valence-electron chi connectivity index (χ0n) is 13.7. The van der Waals surface area contributed by atoms with Crippen LogP contribution in [0.15, 0.2) is 53.8 Å². The van der Waals surface area contributed by atoms with Gasteiger partial charge in [-0.2, -0.15) is 4.57 Å². The first-order valence-corrected chi connectivity index (χ1v) is 9.35. The summed E-state index contributed by atoms with van der Waals surface area (Å²) in [7, 11) is 3.94. The second kappa shape index (κ2) is 6.42. The van der Waals surface area contributed by atoms with E-state index < -0.39 is 0 Å². The molecule has 0 aliphatic rings. The Bertz CT molecular complexity index is 1170. The molecule has 0 spiro atoms. The highest BCUT2D eigenvalue weighted by Crippen LogP contribution is 2.21. The van der Waals surface area contributed by atoms with Crippen molar-refractivity contribution < 1.29 is 8.96 Å². The highest BCUT2D eigenvalue weighted by atomic mass is 32.1. The number of nitrogens with one attached hydrogen (secondary N) is 1. The van der Waals surface area contributed by atoms with Gasteiger partial charge in [0.05, 0.1) is 10.2 Å². The van der Waals surface area contributed by atoms with E-state index in [1.165, 1.54) is 10.8 Å². The molecule has 0 aliphatic carbocycles. The molecule has 1 N–H and O–H groups in total. The van der Waals surface area contributed by atoms with Crippen molar-refractivity contribution in [2.75, 3.05) is 0 Å². The van der Waals surface area contributed by atoms with Crippen LogP contribution in [0.1, 0.15) is 5.01 Å². The molecule has 25 heavy (non-hydrogen) atoms. The Morgan fingerprint density at radius 1 is 1.16 bits per heavy atom. The van der Waals surface area contributed by atoms with Crippen LogP contribution in [0.4, 0.5) is 4.39 Å². The Morgan fingerprint density at radius 2 is 2.00 bits per heavy atom. The van der Waals surface area contributed by atoms with Crippen molar-refractivity contribution in [2.45, 2.75) is 0 Å². The topological polar surface area (TPSA) is 33.2 Å². The maximum atomic E-state index is 13.4. The van der Waals surface area contributed by atoms with Crippen LogP contribution in [-0.2, 0) is 14.1 Å². The van der Waals surface area contributed by atoms with Crippen molar-refractivity contribution in [3.63, 3.8) is 0 Å². The molecule has 0 saturated carbocycles. The quantitative estimate of drug-likeness (QED) is 0.434. The normalized spacial score (nSPS) is 12.7. The van der Waals surface area contributed by atoms with E-state index in [4.69, 9.17) is 0 Å². The lowest BCUT2D eigenvalue weighted by Gasteiger charge is -1.93. The fourth-order valence-corrected chi connectivity index (χ4v) is 4.69. The summed E-state index contributed by atoms with van der Waals surface area (Å²) in [5.41, 5.74) is 5.04. The molecule has 4 rings (SSSR count). The van der Waals surface area contributed by atoms with E-state index in [1.807, 2.05) is 42.9 Å². The zero-order valence-corrected chi connectivity index (χ0v) is 15.4. The predicted octanol–water partition coefficient (Wildman–Crippen LogP) is 3.49. The Labute approximate surface area is 151 Å². The van der Waals surface area contributed by atoms with Gasteiger partial charge in [0, 0.05) is 25.4 Å². The number of hydrogen-bond donors (Lipinski definition) is 1. The van der Waals surface area contributed by atoms with Crippen molar-refractivity contribution in [1.29, 1.82) is 0 Å². The Hall–Kier alpha value is -2.51. The molecule has 0 saturated heterocycles. The molecule has 2 aromatic carbocycles. The number of fused-ring (bicyclic) bond motifs is 2. The van der Waals surface area contributed by atoms with Crippen LogP contribution in [-0.4, -0.2) is 4.57 Å². The molecular weight excluding hydrogens is 355 g/mol. The molecule has 0 radical (unpaired) electrons. The number of nitrogens with zero attached hydrogens (tertiary/aromatic N) is 3. The molecule has 2 aromatic heterocycles. The molecule has 0 fully saturated rings. The number of halogens is 1. The van der Waals surface area contributed by atoms with Crippen molar-refractivity contribution in [1.82, 2.24) is 9.99 Å². The van der Waals surface area contributed by atoms with Crippen LogP contribution in [0.5, 0.6) is 0 Å². The lowest BCUT2D eigenvalue weighted by Crippen LogP contribution is -2.29. The summed E-state index contributed by atoms with van der Waals surface area (Å²) >= 11 is 3.25. The van der Waals surface area contributed by atoms with Crippen LogP contribution >= 0.6 is 22.7 Å². The largest absolute Gasteiger partial charge is 0.318 e. The molecule has 0 unspecified atom stereocenters. The highest BCUT2D eigenvalue weighted by Gasteiger charge is 2.14. The third kappa shape index (κ3) is 2.96. The molecule has 0 atom stereocenters. The van der Waals surface area contributed by atoms with Gasteiger partial charge in [-0.05, 0) is 24.3 Å². The second-order valence-corrected chi connectivity index (χ2v) is 7.67. The summed E-state index contributed by atoms with van der Waals surface area (Å²) in [5, 5.41) is 5.45. The van der Waals surface area contributed by atoms with E-state index in [0.29, 0.717) is 0 Å². The summed E-state index contributed by atoms with van der Waals surface area (Å²) in [6, 6.07) is 13.1. The number of para-hydroxylation sites is 1. The SMILES string of the molecule is Cn1/c(=N\N/C=C/c2sc3ccc(F)cc3[n+]2C)sc2ccccc21. The number of thiazole rings is 2. The monoisotopic (exact) mass is 371 g/mol. The summed E-state index contributed by atoms with van der Waals surface area (Å²) in [6.45, 7) is 0. The number of aromatic nitrogens is 2. The van der Waals surface area contributed by atoms with Gasteiger partial charge in [0.25, 0.3) is 5.01 Å². The molecule has 7 heteroatoms. The molecule has 126 valence electrons. The molecule has 4 aromatic rings. The minimum atomic E-state index is -0.221. The van der Waals surface area contributed by atoms with Crippen molar-refractivity contribution in [3.8, 4) is 0 Å². The van der Waals surface area contributed by atoms with E-state index in [1.54, 1.807) is 34.9 Å². The van der Waals surface area contributed by atoms with Crippen LogP contribution in [0, 0.1) is 5.82 Å². The van der Waals surface area contributed by atoms with E-state index in [0.717, 1.165) is 25.5 Å². The van der Waals surface area contributed by atoms with Gasteiger partial charge in [-0.25, -0.2) is 4.39 Å². The summed E-state index contributed by atoms with van der Waals surface area (Å²) in [5.74, 6) is -0.221. The predicted molar refractivity (Wildman–Crippen MR) is 101 cm³/mol. The maximum Gasteiger partial charge on any atom is 0.264 e. The first kappa shape index (κ1) is 16.0. The van der Waals surface area contributed by atoms with Gasteiger partial charge < -0.3 is 4.57 Å². The minimum absolute atomic E-state index is 0.221. The first-order chi connectivity index (χ1) is 12.1. The minimum Gasteiger partial charge on any atom is -0.318 e. The standard InChI is InChI=1S/C18H15FN4S2/c1-22-14-11-12(19)7-8-16(14)24-17(22)9-10-20-21-18-23(2)13-5-3-4-6-15(13)25-18/h3-11H,1-2H3/p+1/b21-18+. The van der Waals surface area contributed by atoms with Crippen LogP contribution in [0.25, 0.3) is 26.5 Å². The third-order valence-corrected chi connectivity index (χ3v) is 6.30. The Morgan fingerprint density at radius 3 is 2.84 bits per heavy atom. The smallest absolute Gasteiger partial charge is 0.264 e. The first-order valence-electron chi connectivity index (χ1n) is 7.72. The van der Waals surface area contributed by atoms with Gasteiger partial charge >= 0.3 is 0 Å². The van der Waals surface area contributed by atoms with Crippen molar-refractivity contribution in [2.24, 2.45) is 19.2 Å². The van der Waals surface area contributed by atoms with E-state index >= 15 is 0 Å². The van der Waals surface area contributed by atoms with E-state index in [9.17, 15) is 4.39 Å². The second-order valence-electron chi connectivity index (χ2n) is 5.60. The lowest BCUT2D eigenvalue weighted by molar-refractivity contribution is -0.642. The molecule has 0 bridgehead atoms. The van der Waals surface area contributed by atoms with Crippen LogP contribution < -0.4 is 14.8 Å². The maximum absolute atomic E-state index is 13.4. The van der Waals surface area contributed by atoms with Gasteiger partial charge in [-0.3, -0.25) is 5.43 Å². The lowest BCUT2D eigenvalue weighted by atomic mass is 10.3. The Kier molecular flexibility index (Phi) is 4.10. The molecule has 0 aliphatic heterocycles. The van der Waals surface area contributed by atoms with Crippen molar-refractivity contribution >= 4 is 49.2 Å². The van der Waals surface area contributed by atoms with E-state index in [-0.39, 0.29) is 5.82 Å². The van der Waals surface area contributed by atoms with Crippen LogP contribution in [0.3, 0.4) is 0 Å². The number of hydrogen-bond acceptors (Lipinski definition) is 4. The van der Waals surface area contributed by atoms with Crippen LogP contribution in [0.2, 0.25) is 0 Å². The summed E-state index contributed by atoms with van der Waals surface area (Å²) in [6.07, 6.45) is 3.74. The number of benzene rings is 2.